The van der Waals surface area contributed by atoms with Crippen LogP contribution in [0.4, 0.5) is 5.82 Å². The van der Waals surface area contributed by atoms with Gasteiger partial charge in [0.2, 0.25) is 0 Å². The molecule has 0 saturated heterocycles. The molecule has 0 aliphatic carbocycles. The number of nitrogens with zero attached hydrogens (tertiary/aromatic N) is 1. The Labute approximate surface area is 97.9 Å². The lowest BCUT2D eigenvalue weighted by Crippen LogP contribution is -1.99. The van der Waals surface area contributed by atoms with Crippen LogP contribution < -0.4 is 11.5 Å². The number of aromatic amines is 1. The molecule has 2 aromatic rings. The Balaban J connectivity index is 2.47. The van der Waals surface area contributed by atoms with E-state index in [2.05, 4.69) is 10.2 Å². The van der Waals surface area contributed by atoms with Crippen molar-refractivity contribution >= 4 is 28.1 Å². The number of anilines is 1. The minimum Gasteiger partial charge on any atom is -0.397 e. The predicted molar refractivity (Wildman–Crippen MR) is 66.3 cm³/mol. The van der Waals surface area contributed by atoms with Crippen LogP contribution >= 0.6 is 11.6 Å². The zero-order chi connectivity index (χ0) is 11.5. The number of halogens is 1. The van der Waals surface area contributed by atoms with E-state index in [-0.39, 0.29) is 0 Å². The number of nitrogen functional groups attached to an aromatic ring is 1. The summed E-state index contributed by atoms with van der Waals surface area (Å²) < 4.78 is 0. The van der Waals surface area contributed by atoms with Crippen LogP contribution in [0, 0.1) is 0 Å². The first-order chi connectivity index (χ1) is 7.70. The van der Waals surface area contributed by atoms with Gasteiger partial charge in [0, 0.05) is 0 Å². The van der Waals surface area contributed by atoms with Crippen molar-refractivity contribution in [2.24, 2.45) is 5.73 Å². The molecule has 0 radical (unpaired) electrons. The molecule has 0 aliphatic rings. The van der Waals surface area contributed by atoms with Gasteiger partial charge in [-0.15, -0.1) is 0 Å². The lowest BCUT2D eigenvalue weighted by atomic mass is 10.1. The molecular weight excluding hydrogens is 224 g/mol. The highest BCUT2D eigenvalue weighted by molar-refractivity contribution is 6.52. The monoisotopic (exact) mass is 234 g/mol. The van der Waals surface area contributed by atoms with E-state index in [0.717, 1.165) is 5.56 Å². The molecule has 0 atom stereocenters. The third kappa shape index (κ3) is 1.87. The lowest BCUT2D eigenvalue weighted by Gasteiger charge is -2.04. The maximum atomic E-state index is 6.15. The molecule has 4 nitrogen and oxygen atoms in total. The minimum absolute atomic E-state index is 0.400. The third-order valence-corrected chi connectivity index (χ3v) is 2.63. The molecule has 5 N–H and O–H groups in total. The van der Waals surface area contributed by atoms with Crippen molar-refractivity contribution in [3.63, 3.8) is 0 Å². The summed E-state index contributed by atoms with van der Waals surface area (Å²) in [5.41, 5.74) is 13.6. The van der Waals surface area contributed by atoms with Gasteiger partial charge in [-0.05, 0) is 5.56 Å². The predicted octanol–water partition coefficient (Wildman–Crippen LogP) is 2.02. The van der Waals surface area contributed by atoms with Gasteiger partial charge < -0.3 is 11.5 Å². The largest absolute Gasteiger partial charge is 0.397 e. The molecule has 1 aromatic carbocycles. The number of hydrogen-bond donors (Lipinski definition) is 3. The third-order valence-electron chi connectivity index (χ3n) is 2.23. The van der Waals surface area contributed by atoms with Gasteiger partial charge in [0.05, 0.1) is 22.5 Å². The topological polar surface area (TPSA) is 80.7 Å². The van der Waals surface area contributed by atoms with Crippen molar-refractivity contribution in [1.82, 2.24) is 10.2 Å². The molecule has 0 spiro atoms. The minimum atomic E-state index is 0.400. The number of H-pyrrole nitrogens is 1. The number of benzene rings is 1. The maximum absolute atomic E-state index is 6.15. The average molecular weight is 235 g/mol. The molecule has 0 fully saturated rings. The molecule has 1 heterocycles. The Morgan fingerprint density at radius 3 is 2.50 bits per heavy atom. The smallest absolute Gasteiger partial charge is 0.127 e. The first-order valence-electron chi connectivity index (χ1n) is 4.70. The first-order valence-corrected chi connectivity index (χ1v) is 5.08. The van der Waals surface area contributed by atoms with E-state index in [4.69, 9.17) is 23.1 Å². The fourth-order valence-electron chi connectivity index (χ4n) is 1.36. The van der Waals surface area contributed by atoms with E-state index in [1.54, 1.807) is 6.20 Å². The summed E-state index contributed by atoms with van der Waals surface area (Å²) in [5.74, 6) is 0.406. The fourth-order valence-corrected chi connectivity index (χ4v) is 1.62. The number of aromatic nitrogens is 2. The normalized spacial score (nSPS) is 12.3. The molecular formula is C11H11ClN4. The second-order valence-electron chi connectivity index (χ2n) is 3.29. The summed E-state index contributed by atoms with van der Waals surface area (Å²) in [4.78, 5) is 0. The van der Waals surface area contributed by atoms with Crippen LogP contribution in [0.25, 0.3) is 10.7 Å². The maximum Gasteiger partial charge on any atom is 0.127 e. The standard InChI is InChI=1S/C11H11ClN4/c12-9(8-6-15-16-11(8)14)10(13)7-4-2-1-3-5-7/h1-6H,13H2,(H3,14,15,16)/b10-9+. The van der Waals surface area contributed by atoms with Crippen LogP contribution in [0.1, 0.15) is 11.1 Å². The van der Waals surface area contributed by atoms with Crippen LogP contribution in [0.2, 0.25) is 0 Å². The Morgan fingerprint density at radius 2 is 1.94 bits per heavy atom. The van der Waals surface area contributed by atoms with Crippen molar-refractivity contribution in [2.45, 2.75) is 0 Å². The molecule has 5 heteroatoms. The quantitative estimate of drug-likeness (QED) is 0.744. The van der Waals surface area contributed by atoms with Gasteiger partial charge in [-0.2, -0.15) is 5.10 Å². The van der Waals surface area contributed by atoms with Gasteiger partial charge in [-0.25, -0.2) is 0 Å². The number of rotatable bonds is 2. The van der Waals surface area contributed by atoms with Crippen molar-refractivity contribution in [1.29, 1.82) is 0 Å². The molecule has 0 amide bonds. The van der Waals surface area contributed by atoms with Gasteiger partial charge in [0.25, 0.3) is 0 Å². The SMILES string of the molecule is N/C(=C(/Cl)c1cn[nH]c1N)c1ccccc1. The average Bonchev–Trinajstić information content (AvgIpc) is 2.75. The van der Waals surface area contributed by atoms with Gasteiger partial charge in [-0.1, -0.05) is 41.9 Å². The zero-order valence-electron chi connectivity index (χ0n) is 8.44. The number of nitrogens with one attached hydrogen (secondary N) is 1. The molecule has 0 unspecified atom stereocenters. The van der Waals surface area contributed by atoms with Crippen molar-refractivity contribution in [3.05, 3.63) is 47.7 Å². The van der Waals surface area contributed by atoms with Crippen LogP contribution in [0.15, 0.2) is 36.5 Å². The molecule has 0 saturated carbocycles. The van der Waals surface area contributed by atoms with Gasteiger partial charge in [0.15, 0.2) is 0 Å². The molecule has 2 rings (SSSR count). The molecule has 1 aromatic heterocycles. The highest BCUT2D eigenvalue weighted by Crippen LogP contribution is 2.28. The van der Waals surface area contributed by atoms with Crippen LogP contribution in [-0.4, -0.2) is 10.2 Å². The summed E-state index contributed by atoms with van der Waals surface area (Å²) in [6.45, 7) is 0. The van der Waals surface area contributed by atoms with Gasteiger partial charge in [-0.3, -0.25) is 5.10 Å². The van der Waals surface area contributed by atoms with Crippen molar-refractivity contribution < 1.29 is 0 Å². The summed E-state index contributed by atoms with van der Waals surface area (Å²) in [6.07, 6.45) is 1.55. The van der Waals surface area contributed by atoms with Crippen molar-refractivity contribution in [3.8, 4) is 0 Å². The Hall–Kier alpha value is -1.94. The van der Waals surface area contributed by atoms with E-state index in [1.807, 2.05) is 30.3 Å². The molecule has 16 heavy (non-hydrogen) atoms. The Kier molecular flexibility index (Phi) is 2.83. The molecule has 0 aliphatic heterocycles. The van der Waals surface area contributed by atoms with Crippen molar-refractivity contribution in [2.75, 3.05) is 5.73 Å². The van der Waals surface area contributed by atoms with Crippen LogP contribution in [0.5, 0.6) is 0 Å². The van der Waals surface area contributed by atoms with Gasteiger partial charge in [0.1, 0.15) is 5.82 Å². The molecule has 82 valence electrons. The summed E-state index contributed by atoms with van der Waals surface area (Å²) in [7, 11) is 0. The Morgan fingerprint density at radius 1 is 1.25 bits per heavy atom. The summed E-state index contributed by atoms with van der Waals surface area (Å²) in [5, 5.41) is 6.80. The second-order valence-corrected chi connectivity index (χ2v) is 3.67. The highest BCUT2D eigenvalue weighted by Gasteiger charge is 2.10. The lowest BCUT2D eigenvalue weighted by molar-refractivity contribution is 1.10. The van der Waals surface area contributed by atoms with E-state index < -0.39 is 0 Å². The fraction of sp³-hybridized carbons (Fsp3) is 0. The first kappa shape index (κ1) is 10.6. The van der Waals surface area contributed by atoms with Crippen LogP contribution in [-0.2, 0) is 0 Å². The van der Waals surface area contributed by atoms with E-state index in [1.165, 1.54) is 0 Å². The van der Waals surface area contributed by atoms with Crippen LogP contribution in [0.3, 0.4) is 0 Å². The van der Waals surface area contributed by atoms with E-state index in [9.17, 15) is 0 Å². The van der Waals surface area contributed by atoms with Gasteiger partial charge >= 0.3 is 0 Å². The van der Waals surface area contributed by atoms with E-state index in [0.29, 0.717) is 22.1 Å². The summed E-state index contributed by atoms with van der Waals surface area (Å²) >= 11 is 6.15. The zero-order valence-corrected chi connectivity index (χ0v) is 9.20. The summed E-state index contributed by atoms with van der Waals surface area (Å²) in [6, 6.07) is 9.47. The second kappa shape index (κ2) is 4.28. The van der Waals surface area contributed by atoms with E-state index >= 15 is 0 Å². The Bertz CT molecular complexity index is 516. The number of nitrogens with two attached hydrogens (primary N) is 2. The number of hydrogen-bond acceptors (Lipinski definition) is 3. The highest BCUT2D eigenvalue weighted by atomic mass is 35.5. The molecule has 0 bridgehead atoms.